The van der Waals surface area contributed by atoms with Gasteiger partial charge in [0.25, 0.3) is 0 Å². The Labute approximate surface area is 178 Å². The summed E-state index contributed by atoms with van der Waals surface area (Å²) in [5, 5.41) is 1.20. The average Bonchev–Trinajstić information content (AvgIpc) is 2.76. The number of hydrogen-bond donors (Lipinski definition) is 0. The third-order valence-electron chi connectivity index (χ3n) is 4.90. The molecule has 9 heteroatoms. The summed E-state index contributed by atoms with van der Waals surface area (Å²) in [7, 11) is -2.03. The SMILES string of the molecule is CCOC(=O)CN(CCOC)C(=O)C1CCN(S(=O)(=O)/C=C/c2ccccc2)CC1. The van der Waals surface area contributed by atoms with Gasteiger partial charge in [0, 0.05) is 38.1 Å². The molecular formula is C21H30N2O6S. The predicted octanol–water partition coefficient (Wildman–Crippen LogP) is 1.74. The number of methoxy groups -OCH3 is 1. The first kappa shape index (κ1) is 24.0. The minimum absolute atomic E-state index is 0.131. The zero-order valence-electron chi connectivity index (χ0n) is 17.5. The van der Waals surface area contributed by atoms with Gasteiger partial charge in [-0.2, -0.15) is 4.31 Å². The van der Waals surface area contributed by atoms with E-state index in [1.807, 2.05) is 30.3 Å². The zero-order valence-corrected chi connectivity index (χ0v) is 18.3. The highest BCUT2D eigenvalue weighted by Crippen LogP contribution is 2.23. The first-order chi connectivity index (χ1) is 14.4. The van der Waals surface area contributed by atoms with Crippen LogP contribution in [0.1, 0.15) is 25.3 Å². The van der Waals surface area contributed by atoms with Crippen molar-refractivity contribution in [1.82, 2.24) is 9.21 Å². The molecule has 1 amide bonds. The monoisotopic (exact) mass is 438 g/mol. The van der Waals surface area contributed by atoms with Crippen molar-refractivity contribution in [3.8, 4) is 0 Å². The molecule has 0 unspecified atom stereocenters. The van der Waals surface area contributed by atoms with Crippen LogP contribution in [0.2, 0.25) is 0 Å². The van der Waals surface area contributed by atoms with Crippen molar-refractivity contribution >= 4 is 28.0 Å². The van der Waals surface area contributed by atoms with Gasteiger partial charge in [0.05, 0.1) is 13.2 Å². The van der Waals surface area contributed by atoms with Gasteiger partial charge in [0.1, 0.15) is 6.54 Å². The van der Waals surface area contributed by atoms with Crippen molar-refractivity contribution in [2.75, 3.05) is 46.5 Å². The molecule has 1 fully saturated rings. The van der Waals surface area contributed by atoms with Crippen LogP contribution in [0.15, 0.2) is 35.7 Å². The molecule has 0 atom stereocenters. The van der Waals surface area contributed by atoms with Crippen LogP contribution < -0.4 is 0 Å². The van der Waals surface area contributed by atoms with Crippen molar-refractivity contribution in [3.05, 3.63) is 41.3 Å². The van der Waals surface area contributed by atoms with Crippen molar-refractivity contribution in [1.29, 1.82) is 0 Å². The fraction of sp³-hybridized carbons (Fsp3) is 0.524. The minimum Gasteiger partial charge on any atom is -0.465 e. The molecule has 1 aromatic rings. The maximum atomic E-state index is 12.9. The smallest absolute Gasteiger partial charge is 0.325 e. The lowest BCUT2D eigenvalue weighted by molar-refractivity contribution is -0.151. The van der Waals surface area contributed by atoms with Gasteiger partial charge in [-0.3, -0.25) is 9.59 Å². The van der Waals surface area contributed by atoms with E-state index in [2.05, 4.69) is 0 Å². The number of ether oxygens (including phenoxy) is 2. The fourth-order valence-corrected chi connectivity index (χ4v) is 4.48. The number of sulfonamides is 1. The predicted molar refractivity (Wildman–Crippen MR) is 114 cm³/mol. The van der Waals surface area contributed by atoms with Crippen LogP contribution in [0.25, 0.3) is 6.08 Å². The van der Waals surface area contributed by atoms with E-state index in [0.29, 0.717) is 19.4 Å². The fourth-order valence-electron chi connectivity index (χ4n) is 3.26. The van der Waals surface area contributed by atoms with E-state index in [0.717, 1.165) is 5.56 Å². The van der Waals surface area contributed by atoms with Gasteiger partial charge in [-0.1, -0.05) is 30.3 Å². The standard InChI is InChI=1S/C21H30N2O6S/c1-3-29-20(24)17-22(14-15-28-2)21(25)19-9-12-23(13-10-19)30(26,27)16-11-18-7-5-4-6-8-18/h4-8,11,16,19H,3,9-10,12-15,17H2,1-2H3/b16-11+. The number of amides is 1. The summed E-state index contributed by atoms with van der Waals surface area (Å²) in [5.41, 5.74) is 0.805. The Kier molecular flexibility index (Phi) is 9.48. The number of hydrogen-bond acceptors (Lipinski definition) is 6. The van der Waals surface area contributed by atoms with Gasteiger partial charge < -0.3 is 14.4 Å². The highest BCUT2D eigenvalue weighted by atomic mass is 32.2. The molecule has 166 valence electrons. The number of esters is 1. The molecule has 30 heavy (non-hydrogen) atoms. The Bertz CT molecular complexity index is 817. The molecular weight excluding hydrogens is 408 g/mol. The Morgan fingerprint density at radius 3 is 2.47 bits per heavy atom. The van der Waals surface area contributed by atoms with Crippen LogP contribution in [-0.4, -0.2) is 76.0 Å². The molecule has 1 aliphatic rings. The van der Waals surface area contributed by atoms with Crippen LogP contribution in [0.4, 0.5) is 0 Å². The number of rotatable bonds is 10. The van der Waals surface area contributed by atoms with Gasteiger partial charge in [0.15, 0.2) is 0 Å². The maximum Gasteiger partial charge on any atom is 0.325 e. The average molecular weight is 439 g/mol. The van der Waals surface area contributed by atoms with Crippen LogP contribution in [0.5, 0.6) is 0 Å². The van der Waals surface area contributed by atoms with Crippen LogP contribution >= 0.6 is 0 Å². The summed E-state index contributed by atoms with van der Waals surface area (Å²) in [6.07, 6.45) is 2.38. The second kappa shape index (κ2) is 11.8. The molecule has 0 spiro atoms. The summed E-state index contributed by atoms with van der Waals surface area (Å²) < 4.78 is 36.6. The molecule has 2 rings (SSSR count). The maximum absolute atomic E-state index is 12.9. The quantitative estimate of drug-likeness (QED) is 0.517. The first-order valence-electron chi connectivity index (χ1n) is 10.0. The molecule has 0 saturated carbocycles. The lowest BCUT2D eigenvalue weighted by atomic mass is 9.96. The summed E-state index contributed by atoms with van der Waals surface area (Å²) in [4.78, 5) is 26.2. The summed E-state index contributed by atoms with van der Waals surface area (Å²) in [6.45, 7) is 2.94. The molecule has 1 aliphatic heterocycles. The summed E-state index contributed by atoms with van der Waals surface area (Å²) in [6, 6.07) is 9.21. The molecule has 1 heterocycles. The first-order valence-corrected chi connectivity index (χ1v) is 11.5. The summed E-state index contributed by atoms with van der Waals surface area (Å²) in [5.74, 6) is -0.967. The summed E-state index contributed by atoms with van der Waals surface area (Å²) >= 11 is 0. The number of nitrogens with zero attached hydrogens (tertiary/aromatic N) is 2. The molecule has 1 aromatic carbocycles. The van der Waals surface area contributed by atoms with Crippen molar-refractivity contribution in [2.45, 2.75) is 19.8 Å². The second-order valence-corrected chi connectivity index (χ2v) is 8.81. The van der Waals surface area contributed by atoms with E-state index in [9.17, 15) is 18.0 Å². The van der Waals surface area contributed by atoms with Gasteiger partial charge in [-0.05, 0) is 31.4 Å². The Morgan fingerprint density at radius 1 is 1.20 bits per heavy atom. The second-order valence-electron chi connectivity index (χ2n) is 6.99. The molecule has 0 N–H and O–H groups in total. The minimum atomic E-state index is -3.56. The number of piperidine rings is 1. The molecule has 8 nitrogen and oxygen atoms in total. The largest absolute Gasteiger partial charge is 0.465 e. The molecule has 1 saturated heterocycles. The van der Waals surface area contributed by atoms with Gasteiger partial charge in [0.2, 0.25) is 15.9 Å². The topological polar surface area (TPSA) is 93.2 Å². The number of benzene rings is 1. The van der Waals surface area contributed by atoms with Crippen molar-refractivity contribution in [3.63, 3.8) is 0 Å². The van der Waals surface area contributed by atoms with Crippen LogP contribution in [0.3, 0.4) is 0 Å². The zero-order chi connectivity index (χ0) is 22.0. The Morgan fingerprint density at radius 2 is 1.87 bits per heavy atom. The molecule has 0 radical (unpaired) electrons. The van der Waals surface area contributed by atoms with E-state index in [4.69, 9.17) is 9.47 Å². The number of carbonyl (C=O) groups is 2. The van der Waals surface area contributed by atoms with E-state index in [1.165, 1.54) is 21.7 Å². The Hall–Kier alpha value is -2.23. The third kappa shape index (κ3) is 7.23. The highest BCUT2D eigenvalue weighted by Gasteiger charge is 2.32. The van der Waals surface area contributed by atoms with Crippen LogP contribution in [-0.2, 0) is 29.1 Å². The molecule has 0 bridgehead atoms. The Balaban J connectivity index is 1.95. The highest BCUT2D eigenvalue weighted by molar-refractivity contribution is 7.92. The normalized spacial score (nSPS) is 15.9. The number of carbonyl (C=O) groups excluding carboxylic acids is 2. The van der Waals surface area contributed by atoms with Gasteiger partial charge in [-0.15, -0.1) is 0 Å². The van der Waals surface area contributed by atoms with E-state index in [-0.39, 0.29) is 44.6 Å². The van der Waals surface area contributed by atoms with E-state index >= 15 is 0 Å². The van der Waals surface area contributed by atoms with Crippen molar-refractivity contribution < 1.29 is 27.5 Å². The van der Waals surface area contributed by atoms with E-state index in [1.54, 1.807) is 13.0 Å². The lowest BCUT2D eigenvalue weighted by Gasteiger charge is -2.32. The van der Waals surface area contributed by atoms with Crippen molar-refractivity contribution in [2.24, 2.45) is 5.92 Å². The molecule has 0 aliphatic carbocycles. The third-order valence-corrected chi connectivity index (χ3v) is 6.46. The van der Waals surface area contributed by atoms with Crippen LogP contribution in [0, 0.1) is 5.92 Å². The van der Waals surface area contributed by atoms with Gasteiger partial charge in [-0.25, -0.2) is 8.42 Å². The lowest BCUT2D eigenvalue weighted by Crippen LogP contribution is -2.46. The molecule has 0 aromatic heterocycles. The van der Waals surface area contributed by atoms with Gasteiger partial charge >= 0.3 is 5.97 Å². The van der Waals surface area contributed by atoms with E-state index < -0.39 is 16.0 Å².